The predicted octanol–water partition coefficient (Wildman–Crippen LogP) is 3.55. The molecule has 2 N–H and O–H groups in total. The third kappa shape index (κ3) is 2.92. The summed E-state index contributed by atoms with van der Waals surface area (Å²) in [6.07, 6.45) is 6.28. The maximum atomic E-state index is 6.23. The van der Waals surface area contributed by atoms with Crippen molar-refractivity contribution in [3.05, 3.63) is 35.9 Å². The number of hydrogen-bond acceptors (Lipinski definition) is 3. The highest BCUT2D eigenvalue weighted by Gasteiger charge is 2.44. The highest BCUT2D eigenvalue weighted by atomic mass is 15.4. The number of hydrogen-bond donors (Lipinski definition) is 1. The topological polar surface area (TPSA) is 41.6 Å². The van der Waals surface area contributed by atoms with E-state index in [1.54, 1.807) is 0 Å². The average Bonchev–Trinajstić information content (AvgIpc) is 2.66. The maximum absolute atomic E-state index is 6.23. The van der Waals surface area contributed by atoms with Crippen LogP contribution in [0.1, 0.15) is 51.5 Å². The Morgan fingerprint density at radius 1 is 1.10 bits per heavy atom. The second-order valence-electron chi connectivity index (χ2n) is 7.49. The Morgan fingerprint density at radius 3 is 2.62 bits per heavy atom. The van der Waals surface area contributed by atoms with Crippen molar-refractivity contribution in [1.82, 2.24) is 4.90 Å². The molecule has 3 heteroatoms. The minimum atomic E-state index is 0.160. The molecule has 1 saturated carbocycles. The minimum Gasteiger partial charge on any atom is -0.370 e. The highest BCUT2D eigenvalue weighted by Crippen LogP contribution is 2.43. The van der Waals surface area contributed by atoms with E-state index >= 15 is 0 Å². The zero-order valence-electron chi connectivity index (χ0n) is 13.3. The molecular weight excluding hydrogens is 258 g/mol. The molecule has 21 heavy (non-hydrogen) atoms. The molecule has 1 aliphatic heterocycles. The fraction of sp³-hybridized carbons (Fsp3) is 0.611. The van der Waals surface area contributed by atoms with Crippen LogP contribution >= 0.6 is 0 Å². The van der Waals surface area contributed by atoms with Crippen LogP contribution in [0.2, 0.25) is 0 Å². The first-order chi connectivity index (χ1) is 10.0. The van der Waals surface area contributed by atoms with Crippen LogP contribution in [0.4, 0.5) is 0 Å². The number of nitrogens with zero attached hydrogens (tertiary/aromatic N) is 2. The van der Waals surface area contributed by atoms with Crippen LogP contribution in [0.5, 0.6) is 0 Å². The van der Waals surface area contributed by atoms with Crippen molar-refractivity contribution in [2.75, 3.05) is 6.54 Å². The zero-order chi connectivity index (χ0) is 14.9. The lowest BCUT2D eigenvalue weighted by atomic mass is 9.83. The fourth-order valence-electron chi connectivity index (χ4n) is 3.80. The van der Waals surface area contributed by atoms with E-state index in [9.17, 15) is 0 Å². The molecule has 1 unspecified atom stereocenters. The molecule has 0 saturated heterocycles. The van der Waals surface area contributed by atoms with Crippen molar-refractivity contribution < 1.29 is 0 Å². The summed E-state index contributed by atoms with van der Waals surface area (Å²) in [7, 11) is 0. The van der Waals surface area contributed by atoms with Gasteiger partial charge >= 0.3 is 0 Å². The molecule has 0 aromatic heterocycles. The van der Waals surface area contributed by atoms with Gasteiger partial charge in [0.25, 0.3) is 0 Å². The summed E-state index contributed by atoms with van der Waals surface area (Å²) in [5.41, 5.74) is 8.16. The number of aliphatic imine (C=N–C) groups is 1. The normalized spacial score (nSPS) is 28.5. The van der Waals surface area contributed by atoms with E-state index in [-0.39, 0.29) is 5.54 Å². The molecule has 3 nitrogen and oxygen atoms in total. The summed E-state index contributed by atoms with van der Waals surface area (Å²) in [5.74, 6) is 0.735. The predicted molar refractivity (Wildman–Crippen MR) is 88.1 cm³/mol. The van der Waals surface area contributed by atoms with Crippen LogP contribution in [0, 0.1) is 5.41 Å². The smallest absolute Gasteiger partial charge is 0.192 e. The van der Waals surface area contributed by atoms with Gasteiger partial charge in [-0.2, -0.15) is 0 Å². The van der Waals surface area contributed by atoms with E-state index in [2.05, 4.69) is 54.1 Å². The van der Waals surface area contributed by atoms with Crippen LogP contribution < -0.4 is 5.73 Å². The number of nitrogens with two attached hydrogens (primary N) is 1. The summed E-state index contributed by atoms with van der Waals surface area (Å²) < 4.78 is 0. The Kier molecular flexibility index (Phi) is 3.68. The molecule has 1 aromatic rings. The van der Waals surface area contributed by atoms with Crippen LogP contribution in [0.25, 0.3) is 0 Å². The standard InChI is InChI=1S/C18H27N3/c1-17(2)9-6-10-18(12-11-17)14-20-16(19)21(18)13-15-7-4-3-5-8-15/h3-5,7-8H,6,9-14H2,1-2H3,(H2,19,20). The van der Waals surface area contributed by atoms with E-state index in [0.29, 0.717) is 5.41 Å². The molecule has 2 aliphatic rings. The van der Waals surface area contributed by atoms with E-state index in [0.717, 1.165) is 19.0 Å². The third-order valence-electron chi connectivity index (χ3n) is 5.33. The van der Waals surface area contributed by atoms with Gasteiger partial charge in [-0.3, -0.25) is 4.99 Å². The molecule has 1 fully saturated rings. The van der Waals surface area contributed by atoms with Crippen molar-refractivity contribution in [3.8, 4) is 0 Å². The van der Waals surface area contributed by atoms with E-state index < -0.39 is 0 Å². The summed E-state index contributed by atoms with van der Waals surface area (Å²) in [6.45, 7) is 6.55. The Bertz CT molecular complexity index is 521. The highest BCUT2D eigenvalue weighted by molar-refractivity contribution is 5.81. The molecule has 0 amide bonds. The Labute approximate surface area is 128 Å². The first-order valence-corrected chi connectivity index (χ1v) is 8.12. The van der Waals surface area contributed by atoms with Crippen molar-refractivity contribution in [3.63, 3.8) is 0 Å². The third-order valence-corrected chi connectivity index (χ3v) is 5.33. The van der Waals surface area contributed by atoms with Gasteiger partial charge in [-0.15, -0.1) is 0 Å². The van der Waals surface area contributed by atoms with E-state index in [4.69, 9.17) is 5.73 Å². The molecule has 0 bridgehead atoms. The Hall–Kier alpha value is -1.51. The SMILES string of the molecule is CC1(C)CCCC2(CC1)CN=C(N)N2Cc1ccccc1. The van der Waals surface area contributed by atoms with Crippen molar-refractivity contribution in [1.29, 1.82) is 0 Å². The summed E-state index contributed by atoms with van der Waals surface area (Å²) in [4.78, 5) is 6.98. The molecule has 114 valence electrons. The Morgan fingerprint density at radius 2 is 1.86 bits per heavy atom. The molecular formula is C18H27N3. The van der Waals surface area contributed by atoms with Gasteiger partial charge in [0.05, 0.1) is 12.1 Å². The largest absolute Gasteiger partial charge is 0.370 e. The summed E-state index contributed by atoms with van der Waals surface area (Å²) >= 11 is 0. The summed E-state index contributed by atoms with van der Waals surface area (Å²) in [6, 6.07) is 10.6. The van der Waals surface area contributed by atoms with Crippen LogP contribution in [0.3, 0.4) is 0 Å². The zero-order valence-corrected chi connectivity index (χ0v) is 13.3. The molecule has 1 atom stereocenters. The van der Waals surface area contributed by atoms with Gasteiger partial charge in [-0.25, -0.2) is 0 Å². The molecule has 3 rings (SSSR count). The number of guanidine groups is 1. The molecule has 0 radical (unpaired) electrons. The average molecular weight is 285 g/mol. The van der Waals surface area contributed by atoms with Gasteiger partial charge in [0, 0.05) is 6.54 Å². The maximum Gasteiger partial charge on any atom is 0.192 e. The van der Waals surface area contributed by atoms with Gasteiger partial charge in [0.2, 0.25) is 0 Å². The van der Waals surface area contributed by atoms with E-state index in [1.165, 1.54) is 37.7 Å². The lowest BCUT2D eigenvalue weighted by molar-refractivity contribution is 0.162. The molecule has 1 heterocycles. The lowest BCUT2D eigenvalue weighted by Crippen LogP contribution is -2.50. The van der Waals surface area contributed by atoms with Gasteiger partial charge in [-0.1, -0.05) is 50.6 Å². The molecule has 1 aromatic carbocycles. The second-order valence-corrected chi connectivity index (χ2v) is 7.49. The quantitative estimate of drug-likeness (QED) is 0.903. The molecule has 1 spiro atoms. The molecule has 1 aliphatic carbocycles. The minimum absolute atomic E-state index is 0.160. The number of rotatable bonds is 2. The van der Waals surface area contributed by atoms with Gasteiger partial charge < -0.3 is 10.6 Å². The van der Waals surface area contributed by atoms with E-state index in [1.807, 2.05) is 0 Å². The van der Waals surface area contributed by atoms with Gasteiger partial charge in [0.1, 0.15) is 0 Å². The Balaban J connectivity index is 1.81. The van der Waals surface area contributed by atoms with Gasteiger partial charge in [-0.05, 0) is 36.7 Å². The monoisotopic (exact) mass is 285 g/mol. The summed E-state index contributed by atoms with van der Waals surface area (Å²) in [5, 5.41) is 0. The second kappa shape index (κ2) is 5.36. The van der Waals surface area contributed by atoms with Crippen LogP contribution in [0.15, 0.2) is 35.3 Å². The fourth-order valence-corrected chi connectivity index (χ4v) is 3.80. The van der Waals surface area contributed by atoms with Crippen LogP contribution in [-0.4, -0.2) is 22.9 Å². The van der Waals surface area contributed by atoms with Crippen molar-refractivity contribution >= 4 is 5.96 Å². The first-order valence-electron chi connectivity index (χ1n) is 8.12. The van der Waals surface area contributed by atoms with Crippen LogP contribution in [-0.2, 0) is 6.54 Å². The first kappa shape index (κ1) is 14.4. The van der Waals surface area contributed by atoms with Gasteiger partial charge in [0.15, 0.2) is 5.96 Å². The van der Waals surface area contributed by atoms with Crippen molar-refractivity contribution in [2.24, 2.45) is 16.1 Å². The van der Waals surface area contributed by atoms with Crippen molar-refractivity contribution in [2.45, 2.75) is 58.0 Å². The lowest BCUT2D eigenvalue weighted by Gasteiger charge is -2.39. The number of benzene rings is 1.